The maximum Gasteiger partial charge on any atom is 0.363 e. The van der Waals surface area contributed by atoms with Crippen LogP contribution in [0.5, 0.6) is 17.2 Å². The molecule has 134 valence electrons. The van der Waals surface area contributed by atoms with Crippen LogP contribution < -0.4 is 14.2 Å². The molecule has 3 rings (SSSR count). The summed E-state index contributed by atoms with van der Waals surface area (Å²) in [6.45, 7) is 0. The number of esters is 1. The minimum atomic E-state index is -0.669. The van der Waals surface area contributed by atoms with E-state index in [0.717, 1.165) is 0 Å². The highest BCUT2D eigenvalue weighted by Crippen LogP contribution is 2.39. The molecule has 0 saturated carbocycles. The van der Waals surface area contributed by atoms with Crippen molar-refractivity contribution in [2.24, 2.45) is 4.99 Å². The van der Waals surface area contributed by atoms with Crippen LogP contribution in [-0.4, -0.2) is 33.2 Å². The monoisotopic (exact) mass is 357 g/mol. The lowest BCUT2D eigenvalue weighted by molar-refractivity contribution is -0.129. The van der Waals surface area contributed by atoms with E-state index in [9.17, 15) is 9.18 Å². The van der Waals surface area contributed by atoms with E-state index >= 15 is 0 Å². The Kier molecular flexibility index (Phi) is 4.88. The summed E-state index contributed by atoms with van der Waals surface area (Å²) in [5.41, 5.74) is 0.706. The second-order valence-corrected chi connectivity index (χ2v) is 5.27. The number of nitrogens with zero attached hydrogens (tertiary/aromatic N) is 1. The van der Waals surface area contributed by atoms with Crippen LogP contribution in [0.1, 0.15) is 11.1 Å². The molecule has 0 radical (unpaired) electrons. The molecule has 0 aromatic heterocycles. The Hall–Kier alpha value is -3.35. The fourth-order valence-corrected chi connectivity index (χ4v) is 2.48. The van der Waals surface area contributed by atoms with Gasteiger partial charge in [-0.3, -0.25) is 0 Å². The third kappa shape index (κ3) is 3.23. The van der Waals surface area contributed by atoms with Gasteiger partial charge in [-0.2, -0.15) is 0 Å². The average Bonchev–Trinajstić information content (AvgIpc) is 3.02. The van der Waals surface area contributed by atoms with Crippen molar-refractivity contribution in [3.05, 3.63) is 59.0 Å². The molecule has 0 aliphatic carbocycles. The first-order chi connectivity index (χ1) is 12.6. The first-order valence-electron chi connectivity index (χ1n) is 7.65. The lowest BCUT2D eigenvalue weighted by atomic mass is 10.1. The Morgan fingerprint density at radius 2 is 1.69 bits per heavy atom. The highest BCUT2D eigenvalue weighted by molar-refractivity contribution is 6.13. The van der Waals surface area contributed by atoms with Gasteiger partial charge in [0, 0.05) is 11.1 Å². The molecular weight excluding hydrogens is 341 g/mol. The predicted molar refractivity (Wildman–Crippen MR) is 93.1 cm³/mol. The number of carbonyl (C=O) groups is 1. The van der Waals surface area contributed by atoms with Crippen LogP contribution in [0.15, 0.2) is 47.1 Å². The van der Waals surface area contributed by atoms with Crippen LogP contribution in [0.3, 0.4) is 0 Å². The minimum absolute atomic E-state index is 0.00106. The number of methoxy groups -OCH3 is 3. The van der Waals surface area contributed by atoms with Gasteiger partial charge < -0.3 is 18.9 Å². The first-order valence-corrected chi connectivity index (χ1v) is 7.65. The van der Waals surface area contributed by atoms with E-state index in [-0.39, 0.29) is 17.2 Å². The van der Waals surface area contributed by atoms with E-state index in [2.05, 4.69) is 4.99 Å². The fraction of sp³-hybridized carbons (Fsp3) is 0.158. The fourth-order valence-electron chi connectivity index (χ4n) is 2.48. The average molecular weight is 357 g/mol. The molecule has 0 bridgehead atoms. The van der Waals surface area contributed by atoms with Crippen molar-refractivity contribution in [3.63, 3.8) is 0 Å². The van der Waals surface area contributed by atoms with E-state index < -0.39 is 11.8 Å². The maximum atomic E-state index is 13.8. The van der Waals surface area contributed by atoms with Crippen LogP contribution in [0, 0.1) is 5.82 Å². The molecule has 0 atom stereocenters. The van der Waals surface area contributed by atoms with E-state index in [1.807, 2.05) is 0 Å². The van der Waals surface area contributed by atoms with Gasteiger partial charge in [0.15, 0.2) is 17.2 Å². The number of hydrogen-bond acceptors (Lipinski definition) is 6. The summed E-state index contributed by atoms with van der Waals surface area (Å²) >= 11 is 0. The van der Waals surface area contributed by atoms with Gasteiger partial charge >= 0.3 is 5.97 Å². The normalized spacial score (nSPS) is 14.8. The highest BCUT2D eigenvalue weighted by atomic mass is 19.1. The van der Waals surface area contributed by atoms with Crippen molar-refractivity contribution in [3.8, 4) is 17.2 Å². The van der Waals surface area contributed by atoms with Gasteiger partial charge in [0.25, 0.3) is 0 Å². The van der Waals surface area contributed by atoms with Gasteiger partial charge in [0.1, 0.15) is 5.82 Å². The number of aliphatic imine (C=N–C) groups is 1. The zero-order chi connectivity index (χ0) is 18.7. The van der Waals surface area contributed by atoms with Crippen LogP contribution in [-0.2, 0) is 9.53 Å². The quantitative estimate of drug-likeness (QED) is 0.607. The van der Waals surface area contributed by atoms with Gasteiger partial charge in [0.2, 0.25) is 11.6 Å². The Bertz CT molecular complexity index is 895. The second kappa shape index (κ2) is 7.26. The van der Waals surface area contributed by atoms with Gasteiger partial charge in [-0.1, -0.05) is 18.2 Å². The predicted octanol–water partition coefficient (Wildman–Crippen LogP) is 3.20. The van der Waals surface area contributed by atoms with E-state index in [1.54, 1.807) is 30.3 Å². The number of ether oxygens (including phenoxy) is 4. The lowest BCUT2D eigenvalue weighted by Gasteiger charge is -2.13. The summed E-state index contributed by atoms with van der Waals surface area (Å²) in [7, 11) is 4.45. The number of benzene rings is 2. The molecule has 0 saturated heterocycles. The zero-order valence-electron chi connectivity index (χ0n) is 14.4. The summed E-state index contributed by atoms with van der Waals surface area (Å²) in [6.07, 6.45) is 1.34. The van der Waals surface area contributed by atoms with Crippen molar-refractivity contribution in [2.75, 3.05) is 21.3 Å². The van der Waals surface area contributed by atoms with Crippen LogP contribution in [0.2, 0.25) is 0 Å². The lowest BCUT2D eigenvalue weighted by Crippen LogP contribution is -2.07. The Morgan fingerprint density at radius 1 is 1.04 bits per heavy atom. The Labute approximate surface area is 149 Å². The minimum Gasteiger partial charge on any atom is -0.493 e. The molecule has 6 nitrogen and oxygen atoms in total. The molecular formula is C19H16FNO5. The van der Waals surface area contributed by atoms with Gasteiger partial charge in [-0.25, -0.2) is 14.2 Å². The molecule has 0 amide bonds. The van der Waals surface area contributed by atoms with E-state index in [1.165, 1.54) is 33.5 Å². The van der Waals surface area contributed by atoms with E-state index in [4.69, 9.17) is 18.9 Å². The molecule has 0 spiro atoms. The summed E-state index contributed by atoms with van der Waals surface area (Å²) < 4.78 is 34.8. The summed E-state index contributed by atoms with van der Waals surface area (Å²) in [5.74, 6) is 0.142. The summed E-state index contributed by atoms with van der Waals surface area (Å²) in [6, 6.07) is 9.30. The third-order valence-corrected chi connectivity index (χ3v) is 3.73. The number of rotatable bonds is 5. The molecule has 1 aliphatic rings. The van der Waals surface area contributed by atoms with Crippen molar-refractivity contribution in [1.29, 1.82) is 0 Å². The molecule has 26 heavy (non-hydrogen) atoms. The first kappa shape index (κ1) is 17.5. The standard InChI is InChI=1S/C19H16FNO5/c1-23-15-9-12(10-16(24-2)17(15)25-3)18-21-14(19(22)26-18)8-11-6-4-5-7-13(11)20/h4-10H,1-3H3. The van der Waals surface area contributed by atoms with Crippen molar-refractivity contribution in [1.82, 2.24) is 0 Å². The summed E-state index contributed by atoms with van der Waals surface area (Å²) in [5, 5.41) is 0. The molecule has 1 heterocycles. The smallest absolute Gasteiger partial charge is 0.363 e. The van der Waals surface area contributed by atoms with Crippen LogP contribution in [0.4, 0.5) is 4.39 Å². The summed E-state index contributed by atoms with van der Waals surface area (Å²) in [4.78, 5) is 16.3. The van der Waals surface area contributed by atoms with Gasteiger partial charge in [0.05, 0.1) is 21.3 Å². The molecule has 1 aliphatic heterocycles. The number of cyclic esters (lactones) is 1. The molecule has 0 N–H and O–H groups in total. The topological polar surface area (TPSA) is 66.4 Å². The van der Waals surface area contributed by atoms with Crippen LogP contribution >= 0.6 is 0 Å². The Balaban J connectivity index is 2.03. The number of halogens is 1. The largest absolute Gasteiger partial charge is 0.493 e. The Morgan fingerprint density at radius 3 is 2.27 bits per heavy atom. The second-order valence-electron chi connectivity index (χ2n) is 5.27. The van der Waals surface area contributed by atoms with Crippen molar-refractivity contribution < 1.29 is 28.1 Å². The molecule has 7 heteroatoms. The number of carbonyl (C=O) groups excluding carboxylic acids is 1. The molecule has 0 fully saturated rings. The van der Waals surface area contributed by atoms with Gasteiger partial charge in [-0.15, -0.1) is 0 Å². The van der Waals surface area contributed by atoms with E-state index in [0.29, 0.717) is 22.8 Å². The maximum absolute atomic E-state index is 13.8. The number of hydrogen-bond donors (Lipinski definition) is 0. The zero-order valence-corrected chi connectivity index (χ0v) is 14.4. The van der Waals surface area contributed by atoms with Crippen LogP contribution in [0.25, 0.3) is 6.08 Å². The molecule has 0 unspecified atom stereocenters. The molecule has 2 aromatic carbocycles. The SMILES string of the molecule is COc1cc(C2=NC(=Cc3ccccc3F)C(=O)O2)cc(OC)c1OC. The molecule has 2 aromatic rings. The third-order valence-electron chi connectivity index (χ3n) is 3.73. The van der Waals surface area contributed by atoms with Gasteiger partial charge in [-0.05, 0) is 24.3 Å². The highest BCUT2D eigenvalue weighted by Gasteiger charge is 2.26. The van der Waals surface area contributed by atoms with Crippen molar-refractivity contribution >= 4 is 17.9 Å². The van der Waals surface area contributed by atoms with Crippen molar-refractivity contribution in [2.45, 2.75) is 0 Å².